The molecule has 0 bridgehead atoms. The molecule has 0 aromatic rings. The van der Waals surface area contributed by atoms with Gasteiger partial charge < -0.3 is 10.4 Å². The summed E-state index contributed by atoms with van der Waals surface area (Å²) >= 11 is 16.4. The fourth-order valence-corrected chi connectivity index (χ4v) is 1.97. The van der Waals surface area contributed by atoms with Crippen LogP contribution in [0.4, 0.5) is 0 Å². The van der Waals surface area contributed by atoms with Crippen molar-refractivity contribution in [2.24, 2.45) is 10.8 Å². The van der Waals surface area contributed by atoms with E-state index in [0.717, 1.165) is 0 Å². The molecule has 0 rings (SSSR count). The van der Waals surface area contributed by atoms with Gasteiger partial charge in [0, 0.05) is 5.41 Å². The molecular weight excluding hydrogens is 284 g/mol. The van der Waals surface area contributed by atoms with E-state index in [1.165, 1.54) is 0 Å². The minimum Gasteiger partial charge on any atom is -0.369 e. The number of amides is 1. The zero-order chi connectivity index (χ0) is 14.1. The summed E-state index contributed by atoms with van der Waals surface area (Å²) in [5.74, 6) is -0.341. The Morgan fingerprint density at radius 2 is 1.59 bits per heavy atom. The first kappa shape index (κ1) is 17.3. The molecule has 3 nitrogen and oxygen atoms in total. The Balaban J connectivity index is 4.61. The van der Waals surface area contributed by atoms with Crippen molar-refractivity contribution in [1.82, 2.24) is 5.32 Å². The molecule has 0 radical (unpaired) electrons. The molecule has 0 aromatic carbocycles. The van der Waals surface area contributed by atoms with Gasteiger partial charge in [0.2, 0.25) is 9.70 Å². The van der Waals surface area contributed by atoms with E-state index in [1.807, 2.05) is 20.8 Å². The maximum absolute atomic E-state index is 12.0. The highest BCUT2D eigenvalue weighted by molar-refractivity contribution is 6.68. The first-order chi connectivity index (χ1) is 7.26. The van der Waals surface area contributed by atoms with Crippen LogP contribution in [0.25, 0.3) is 0 Å². The van der Waals surface area contributed by atoms with Crippen molar-refractivity contribution in [3.63, 3.8) is 0 Å². The topological polar surface area (TPSA) is 49.3 Å². The lowest BCUT2D eigenvalue weighted by atomic mass is 9.76. The monoisotopic (exact) mass is 303 g/mol. The predicted octanol–water partition coefficient (Wildman–Crippen LogP) is 3.25. The number of carbonyl (C=O) groups excluding carboxylic acids is 1. The molecule has 0 aliphatic rings. The lowest BCUT2D eigenvalue weighted by Gasteiger charge is -2.32. The summed E-state index contributed by atoms with van der Waals surface area (Å²) in [5.41, 5.74) is -0.652. The van der Waals surface area contributed by atoms with Crippen LogP contribution in [-0.2, 0) is 4.79 Å². The Hall–Kier alpha value is 0.300. The van der Waals surface area contributed by atoms with Crippen LogP contribution in [0.5, 0.6) is 0 Å². The van der Waals surface area contributed by atoms with Crippen LogP contribution >= 0.6 is 34.8 Å². The Morgan fingerprint density at radius 3 is 1.88 bits per heavy atom. The van der Waals surface area contributed by atoms with Crippen molar-refractivity contribution < 1.29 is 9.90 Å². The normalized spacial score (nSPS) is 15.6. The zero-order valence-corrected chi connectivity index (χ0v) is 13.0. The van der Waals surface area contributed by atoms with Crippen LogP contribution in [-0.4, -0.2) is 21.0 Å². The highest BCUT2D eigenvalue weighted by Gasteiger charge is 2.38. The molecule has 1 amide bonds. The van der Waals surface area contributed by atoms with Gasteiger partial charge >= 0.3 is 0 Å². The number of carbonyl (C=O) groups is 1. The van der Waals surface area contributed by atoms with Crippen molar-refractivity contribution >= 4 is 40.7 Å². The van der Waals surface area contributed by atoms with Crippen LogP contribution in [0, 0.1) is 10.8 Å². The maximum atomic E-state index is 12.0. The quantitative estimate of drug-likeness (QED) is 0.621. The van der Waals surface area contributed by atoms with Gasteiger partial charge in [-0.1, -0.05) is 69.4 Å². The Labute approximate surface area is 118 Å². The van der Waals surface area contributed by atoms with E-state index in [1.54, 1.807) is 13.8 Å². The first-order valence-electron chi connectivity index (χ1n) is 5.31. The van der Waals surface area contributed by atoms with Gasteiger partial charge in [0.15, 0.2) is 6.23 Å². The van der Waals surface area contributed by atoms with Gasteiger partial charge in [-0.05, 0) is 11.8 Å². The summed E-state index contributed by atoms with van der Waals surface area (Å²) in [7, 11) is 0. The Kier molecular flexibility index (Phi) is 5.61. The second-order valence-electron chi connectivity index (χ2n) is 6.04. The summed E-state index contributed by atoms with van der Waals surface area (Å²) in [6.07, 6.45) is -0.863. The summed E-state index contributed by atoms with van der Waals surface area (Å²) in [6, 6.07) is 0. The second kappa shape index (κ2) is 5.52. The smallest absolute Gasteiger partial charge is 0.234 e. The largest absolute Gasteiger partial charge is 0.369 e. The van der Waals surface area contributed by atoms with Crippen molar-refractivity contribution in [1.29, 1.82) is 0 Å². The Bertz CT molecular complexity index is 279. The number of aliphatic hydroxyl groups is 1. The predicted molar refractivity (Wildman–Crippen MR) is 72.3 cm³/mol. The van der Waals surface area contributed by atoms with Crippen molar-refractivity contribution in [2.75, 3.05) is 0 Å². The molecule has 0 saturated heterocycles. The minimum absolute atomic E-state index is 0.00816. The average Bonchev–Trinajstić information content (AvgIpc) is 1.96. The molecular formula is C11H20Cl3NO2. The standard InChI is InChI=1S/C11H20Cl3NO2/c1-9(2,3)6-10(4,5)7(16)15-8(17)11(12,13)14/h8,17H,6H2,1-5H3,(H,15,16). The highest BCUT2D eigenvalue weighted by Crippen LogP contribution is 2.34. The number of hydrogen-bond donors (Lipinski definition) is 2. The van der Waals surface area contributed by atoms with Crippen LogP contribution in [0.15, 0.2) is 0 Å². The van der Waals surface area contributed by atoms with Gasteiger partial charge in [0.1, 0.15) is 0 Å². The highest BCUT2D eigenvalue weighted by atomic mass is 35.6. The number of nitrogens with one attached hydrogen (secondary N) is 1. The number of aliphatic hydroxyl groups excluding tert-OH is 1. The van der Waals surface area contributed by atoms with Gasteiger partial charge in [-0.3, -0.25) is 4.79 Å². The molecule has 0 aromatic heterocycles. The summed E-state index contributed by atoms with van der Waals surface area (Å²) in [5, 5.41) is 11.8. The Morgan fingerprint density at radius 1 is 1.18 bits per heavy atom. The molecule has 0 aliphatic carbocycles. The van der Waals surface area contributed by atoms with E-state index >= 15 is 0 Å². The summed E-state index contributed by atoms with van der Waals surface area (Å²) in [6.45, 7) is 9.69. The SMILES string of the molecule is CC(C)(C)CC(C)(C)C(=O)NC(O)C(Cl)(Cl)Cl. The third kappa shape index (κ3) is 6.70. The lowest BCUT2D eigenvalue weighted by Crippen LogP contribution is -2.49. The molecule has 17 heavy (non-hydrogen) atoms. The van der Waals surface area contributed by atoms with Crippen LogP contribution in [0.3, 0.4) is 0 Å². The van der Waals surface area contributed by atoms with Crippen LogP contribution in [0.1, 0.15) is 41.0 Å². The molecule has 2 N–H and O–H groups in total. The van der Waals surface area contributed by atoms with E-state index in [0.29, 0.717) is 6.42 Å². The molecule has 102 valence electrons. The third-order valence-corrected chi connectivity index (χ3v) is 2.78. The number of rotatable bonds is 3. The molecule has 6 heteroatoms. The fraction of sp³-hybridized carbons (Fsp3) is 0.909. The lowest BCUT2D eigenvalue weighted by molar-refractivity contribution is -0.133. The van der Waals surface area contributed by atoms with E-state index in [4.69, 9.17) is 34.8 Å². The molecule has 0 fully saturated rings. The zero-order valence-electron chi connectivity index (χ0n) is 10.8. The van der Waals surface area contributed by atoms with Gasteiger partial charge in [-0.15, -0.1) is 0 Å². The number of halogens is 3. The summed E-state index contributed by atoms with van der Waals surface area (Å²) < 4.78 is -1.92. The van der Waals surface area contributed by atoms with Crippen LogP contribution < -0.4 is 5.32 Å². The van der Waals surface area contributed by atoms with E-state index < -0.39 is 15.4 Å². The van der Waals surface area contributed by atoms with Crippen molar-refractivity contribution in [3.05, 3.63) is 0 Å². The second-order valence-corrected chi connectivity index (χ2v) is 8.41. The summed E-state index contributed by atoms with van der Waals surface area (Å²) in [4.78, 5) is 12.0. The molecule has 1 unspecified atom stereocenters. The molecule has 0 aliphatic heterocycles. The van der Waals surface area contributed by atoms with Gasteiger partial charge in [-0.2, -0.15) is 0 Å². The molecule has 0 heterocycles. The van der Waals surface area contributed by atoms with Gasteiger partial charge in [0.25, 0.3) is 0 Å². The van der Waals surface area contributed by atoms with E-state index in [9.17, 15) is 9.90 Å². The van der Waals surface area contributed by atoms with E-state index in [2.05, 4.69) is 5.32 Å². The molecule has 1 atom stereocenters. The first-order valence-corrected chi connectivity index (χ1v) is 6.45. The van der Waals surface area contributed by atoms with Gasteiger partial charge in [0.05, 0.1) is 0 Å². The minimum atomic E-state index is -1.92. The maximum Gasteiger partial charge on any atom is 0.234 e. The fourth-order valence-electron chi connectivity index (χ4n) is 1.81. The molecule has 0 saturated carbocycles. The van der Waals surface area contributed by atoms with E-state index in [-0.39, 0.29) is 11.3 Å². The number of hydrogen-bond acceptors (Lipinski definition) is 2. The van der Waals surface area contributed by atoms with Crippen molar-refractivity contribution in [3.8, 4) is 0 Å². The third-order valence-electron chi connectivity index (χ3n) is 2.16. The number of alkyl halides is 3. The molecule has 0 spiro atoms. The van der Waals surface area contributed by atoms with Crippen LogP contribution in [0.2, 0.25) is 0 Å². The van der Waals surface area contributed by atoms with Gasteiger partial charge in [-0.25, -0.2) is 0 Å². The average molecular weight is 305 g/mol. The van der Waals surface area contributed by atoms with Crippen molar-refractivity contribution in [2.45, 2.75) is 51.1 Å².